The van der Waals surface area contributed by atoms with Crippen LogP contribution in [0.2, 0.25) is 0 Å². The van der Waals surface area contributed by atoms with Crippen molar-refractivity contribution in [2.75, 3.05) is 24.6 Å². The molecular weight excluding hydrogens is 250 g/mol. The van der Waals surface area contributed by atoms with Crippen molar-refractivity contribution in [2.24, 2.45) is 0 Å². The minimum absolute atomic E-state index is 0.0551. The summed E-state index contributed by atoms with van der Waals surface area (Å²) in [5.41, 5.74) is 5.13. The molecule has 0 unspecified atom stereocenters. The Labute approximate surface area is 97.8 Å². The zero-order valence-corrected chi connectivity index (χ0v) is 9.95. The second kappa shape index (κ2) is 5.59. The zero-order chi connectivity index (χ0) is 12.9. The minimum atomic E-state index is -3.36. The minimum Gasteiger partial charge on any atom is -0.379 e. The molecule has 0 atom stereocenters. The van der Waals surface area contributed by atoms with Crippen molar-refractivity contribution in [3.63, 3.8) is 0 Å². The van der Waals surface area contributed by atoms with Gasteiger partial charge in [-0.1, -0.05) is 6.92 Å². The van der Waals surface area contributed by atoms with Gasteiger partial charge in [0.05, 0.1) is 5.75 Å². The van der Waals surface area contributed by atoms with Crippen LogP contribution in [0.1, 0.15) is 17.4 Å². The van der Waals surface area contributed by atoms with E-state index in [-0.39, 0.29) is 23.8 Å². The van der Waals surface area contributed by atoms with Crippen LogP contribution in [0.25, 0.3) is 0 Å². The largest absolute Gasteiger partial charge is 0.379 e. The van der Waals surface area contributed by atoms with E-state index in [0.29, 0.717) is 6.54 Å². The summed E-state index contributed by atoms with van der Waals surface area (Å²) in [7, 11) is -3.36. The second-order valence-corrected chi connectivity index (χ2v) is 5.00. The number of nitrogens with one attached hydrogen (secondary N) is 2. The van der Waals surface area contributed by atoms with Crippen LogP contribution in [0.4, 0.5) is 5.82 Å². The number of anilines is 1. The standard InChI is InChI=1S/C7H13N5O4S/c1-2-10-17(14,15)4-3-9-7(13)5-6(8)12-16-11-5/h10H,2-4H2,1H3,(H2,8,12)(H,9,13). The fourth-order valence-corrected chi connectivity index (χ4v) is 1.98. The normalized spacial score (nSPS) is 11.4. The summed E-state index contributed by atoms with van der Waals surface area (Å²) in [6.45, 7) is 1.91. The highest BCUT2D eigenvalue weighted by molar-refractivity contribution is 7.89. The number of amides is 1. The Hall–Kier alpha value is -1.68. The topological polar surface area (TPSA) is 140 Å². The third-order valence-electron chi connectivity index (χ3n) is 1.75. The van der Waals surface area contributed by atoms with E-state index in [1.807, 2.05) is 0 Å². The number of rotatable bonds is 6. The molecule has 17 heavy (non-hydrogen) atoms. The van der Waals surface area contributed by atoms with Crippen LogP contribution >= 0.6 is 0 Å². The van der Waals surface area contributed by atoms with Crippen molar-refractivity contribution in [2.45, 2.75) is 6.92 Å². The Kier molecular flexibility index (Phi) is 4.40. The van der Waals surface area contributed by atoms with Gasteiger partial charge in [0.1, 0.15) is 0 Å². The van der Waals surface area contributed by atoms with Gasteiger partial charge in [-0.05, 0) is 10.3 Å². The molecular formula is C7H13N5O4S. The van der Waals surface area contributed by atoms with Gasteiger partial charge in [-0.2, -0.15) is 0 Å². The van der Waals surface area contributed by atoms with E-state index in [1.54, 1.807) is 6.92 Å². The molecule has 1 amide bonds. The predicted molar refractivity (Wildman–Crippen MR) is 58.5 cm³/mol. The molecule has 1 heterocycles. The maximum absolute atomic E-state index is 11.4. The molecule has 4 N–H and O–H groups in total. The molecule has 0 saturated carbocycles. The summed E-state index contributed by atoms with van der Waals surface area (Å²) >= 11 is 0. The maximum atomic E-state index is 11.4. The number of nitrogen functional groups attached to an aromatic ring is 1. The number of hydrogen-bond acceptors (Lipinski definition) is 7. The third kappa shape index (κ3) is 4.00. The van der Waals surface area contributed by atoms with Gasteiger partial charge in [0.15, 0.2) is 0 Å². The summed E-state index contributed by atoms with van der Waals surface area (Å²) in [5.74, 6) is -0.995. The first-order chi connectivity index (χ1) is 7.96. The summed E-state index contributed by atoms with van der Waals surface area (Å²) in [6.07, 6.45) is 0. The molecule has 1 aromatic heterocycles. The first-order valence-corrected chi connectivity index (χ1v) is 6.45. The van der Waals surface area contributed by atoms with Crippen LogP contribution in [0.3, 0.4) is 0 Å². The Bertz CT molecular complexity index is 482. The lowest BCUT2D eigenvalue weighted by atomic mass is 10.4. The van der Waals surface area contributed by atoms with E-state index in [4.69, 9.17) is 5.73 Å². The van der Waals surface area contributed by atoms with Crippen LogP contribution in [0.15, 0.2) is 4.63 Å². The van der Waals surface area contributed by atoms with Crippen molar-refractivity contribution in [1.82, 2.24) is 20.4 Å². The van der Waals surface area contributed by atoms with Gasteiger partial charge in [0.2, 0.25) is 21.5 Å². The smallest absolute Gasteiger partial charge is 0.277 e. The number of carbonyl (C=O) groups is 1. The molecule has 0 fully saturated rings. The average molecular weight is 263 g/mol. The van der Waals surface area contributed by atoms with Gasteiger partial charge in [-0.3, -0.25) is 4.79 Å². The summed E-state index contributed by atoms with van der Waals surface area (Å²) in [4.78, 5) is 11.4. The lowest BCUT2D eigenvalue weighted by molar-refractivity contribution is 0.0947. The molecule has 0 aromatic carbocycles. The Balaban J connectivity index is 2.43. The average Bonchev–Trinajstić information content (AvgIpc) is 2.63. The Morgan fingerprint density at radius 2 is 2.18 bits per heavy atom. The first-order valence-electron chi connectivity index (χ1n) is 4.80. The van der Waals surface area contributed by atoms with Crippen molar-refractivity contribution in [3.8, 4) is 0 Å². The number of sulfonamides is 1. The lowest BCUT2D eigenvalue weighted by Gasteiger charge is -2.04. The van der Waals surface area contributed by atoms with E-state index >= 15 is 0 Å². The van der Waals surface area contributed by atoms with Gasteiger partial charge in [0.25, 0.3) is 5.91 Å². The first kappa shape index (κ1) is 13.4. The number of hydrogen-bond donors (Lipinski definition) is 3. The monoisotopic (exact) mass is 263 g/mol. The van der Waals surface area contributed by atoms with Crippen LogP contribution in [-0.2, 0) is 10.0 Å². The Morgan fingerprint density at radius 1 is 1.47 bits per heavy atom. The van der Waals surface area contributed by atoms with Crippen molar-refractivity contribution < 1.29 is 17.8 Å². The van der Waals surface area contributed by atoms with Crippen LogP contribution in [0, 0.1) is 0 Å². The molecule has 10 heteroatoms. The fraction of sp³-hybridized carbons (Fsp3) is 0.571. The van der Waals surface area contributed by atoms with Gasteiger partial charge in [-0.15, -0.1) is 0 Å². The molecule has 1 aromatic rings. The van der Waals surface area contributed by atoms with Crippen LogP contribution in [0.5, 0.6) is 0 Å². The summed E-state index contributed by atoms with van der Waals surface area (Å²) < 4.78 is 29.0. The molecule has 0 spiro atoms. The summed E-state index contributed by atoms with van der Waals surface area (Å²) in [6, 6.07) is 0. The molecule has 0 aliphatic rings. The van der Waals surface area contributed by atoms with Gasteiger partial charge in [-0.25, -0.2) is 17.8 Å². The molecule has 0 aliphatic heterocycles. The highest BCUT2D eigenvalue weighted by Gasteiger charge is 2.16. The molecule has 9 nitrogen and oxygen atoms in total. The molecule has 0 saturated heterocycles. The number of nitrogens with zero attached hydrogens (tertiary/aromatic N) is 2. The predicted octanol–water partition coefficient (Wildman–Crippen LogP) is -1.68. The van der Waals surface area contributed by atoms with E-state index in [1.165, 1.54) is 0 Å². The van der Waals surface area contributed by atoms with E-state index in [9.17, 15) is 13.2 Å². The molecule has 0 bridgehead atoms. The highest BCUT2D eigenvalue weighted by Crippen LogP contribution is 2.02. The third-order valence-corrected chi connectivity index (χ3v) is 3.22. The van der Waals surface area contributed by atoms with Crippen LogP contribution < -0.4 is 15.8 Å². The number of nitrogens with two attached hydrogens (primary N) is 1. The lowest BCUT2D eigenvalue weighted by Crippen LogP contribution is -2.34. The zero-order valence-electron chi connectivity index (χ0n) is 9.13. The van der Waals surface area contributed by atoms with Crippen molar-refractivity contribution in [3.05, 3.63) is 5.69 Å². The SMILES string of the molecule is CCNS(=O)(=O)CCNC(=O)c1nonc1N. The van der Waals surface area contributed by atoms with Crippen molar-refractivity contribution in [1.29, 1.82) is 0 Å². The summed E-state index contributed by atoms with van der Waals surface area (Å²) in [5, 5.41) is 8.84. The number of carbonyl (C=O) groups excluding carboxylic acids is 1. The highest BCUT2D eigenvalue weighted by atomic mass is 32.2. The molecule has 0 radical (unpaired) electrons. The Morgan fingerprint density at radius 3 is 2.71 bits per heavy atom. The van der Waals surface area contributed by atoms with Gasteiger partial charge < -0.3 is 11.1 Å². The van der Waals surface area contributed by atoms with Gasteiger partial charge >= 0.3 is 0 Å². The maximum Gasteiger partial charge on any atom is 0.277 e. The second-order valence-electron chi connectivity index (χ2n) is 3.07. The van der Waals surface area contributed by atoms with E-state index < -0.39 is 15.9 Å². The van der Waals surface area contributed by atoms with Gasteiger partial charge in [0, 0.05) is 13.1 Å². The van der Waals surface area contributed by atoms with E-state index in [0.717, 1.165) is 0 Å². The molecule has 96 valence electrons. The quantitative estimate of drug-likeness (QED) is 0.556. The molecule has 0 aliphatic carbocycles. The molecule has 1 rings (SSSR count). The fourth-order valence-electron chi connectivity index (χ4n) is 1.03. The van der Waals surface area contributed by atoms with E-state index in [2.05, 4.69) is 25.0 Å². The van der Waals surface area contributed by atoms with Crippen LogP contribution in [-0.4, -0.2) is 43.5 Å². The van der Waals surface area contributed by atoms with Crippen molar-refractivity contribution >= 4 is 21.7 Å². The number of aromatic nitrogens is 2.